The third-order valence-electron chi connectivity index (χ3n) is 9.20. The second-order valence-corrected chi connectivity index (χ2v) is 12.5. The standard InChI is InChI=1S/C46H31N3O/c1-30-12-8-18-36(28-30)45-47-44(34-15-6-3-7-16-34)48-46(49-45)37-19-9-17-35(29-37)39-21-11-23-41-40-22-10-20-38(42(40)50-43(39)41)33-26-24-32(25-27-33)31-13-4-2-5-14-31/h2-29H,1H3. The van der Waals surface area contributed by atoms with Crippen LogP contribution >= 0.6 is 0 Å². The summed E-state index contributed by atoms with van der Waals surface area (Å²) in [4.78, 5) is 14.9. The van der Waals surface area contributed by atoms with Crippen LogP contribution in [-0.4, -0.2) is 15.0 Å². The number of para-hydroxylation sites is 2. The zero-order valence-corrected chi connectivity index (χ0v) is 27.4. The fourth-order valence-electron chi connectivity index (χ4n) is 6.71. The van der Waals surface area contributed by atoms with Gasteiger partial charge in [0.1, 0.15) is 11.2 Å². The van der Waals surface area contributed by atoms with Gasteiger partial charge in [0.05, 0.1) is 0 Å². The summed E-state index contributed by atoms with van der Waals surface area (Å²) < 4.78 is 6.81. The number of aryl methyl sites for hydroxylation is 1. The Hall–Kier alpha value is -6.65. The second-order valence-electron chi connectivity index (χ2n) is 12.5. The van der Waals surface area contributed by atoms with Gasteiger partial charge >= 0.3 is 0 Å². The molecule has 0 atom stereocenters. The SMILES string of the molecule is Cc1cccc(-c2nc(-c3ccccc3)nc(-c3cccc(-c4cccc5c4oc4c(-c6ccc(-c7ccccc7)cc6)cccc45)c3)n2)c1. The summed E-state index contributed by atoms with van der Waals surface area (Å²) in [7, 11) is 0. The Kier molecular flexibility index (Phi) is 7.33. The number of hydrogen-bond donors (Lipinski definition) is 0. The maximum Gasteiger partial charge on any atom is 0.164 e. The Morgan fingerprint density at radius 2 is 0.780 bits per heavy atom. The number of aromatic nitrogens is 3. The van der Waals surface area contributed by atoms with Crippen LogP contribution in [0.4, 0.5) is 0 Å². The number of benzene rings is 7. The number of fused-ring (bicyclic) bond motifs is 3. The molecular formula is C46H31N3O. The molecule has 2 heterocycles. The molecule has 0 bridgehead atoms. The predicted molar refractivity (Wildman–Crippen MR) is 204 cm³/mol. The van der Waals surface area contributed by atoms with Crippen LogP contribution in [0, 0.1) is 6.92 Å². The third kappa shape index (κ3) is 5.43. The number of rotatable bonds is 6. The summed E-state index contributed by atoms with van der Waals surface area (Å²) in [5.74, 6) is 1.91. The minimum Gasteiger partial charge on any atom is -0.455 e. The van der Waals surface area contributed by atoms with Crippen LogP contribution in [0.2, 0.25) is 0 Å². The highest BCUT2D eigenvalue weighted by Gasteiger charge is 2.17. The molecule has 0 fully saturated rings. The molecular weight excluding hydrogens is 611 g/mol. The Bertz CT molecular complexity index is 2640. The average Bonchev–Trinajstić information content (AvgIpc) is 3.58. The maximum atomic E-state index is 6.81. The van der Waals surface area contributed by atoms with E-state index in [1.807, 2.05) is 48.5 Å². The van der Waals surface area contributed by atoms with Gasteiger partial charge in [-0.15, -0.1) is 0 Å². The second kappa shape index (κ2) is 12.4. The Morgan fingerprint density at radius 1 is 0.340 bits per heavy atom. The molecule has 0 unspecified atom stereocenters. The number of hydrogen-bond acceptors (Lipinski definition) is 4. The molecule has 0 amide bonds. The Labute approximate surface area is 290 Å². The normalized spacial score (nSPS) is 11.3. The zero-order chi connectivity index (χ0) is 33.4. The van der Waals surface area contributed by atoms with Crippen LogP contribution in [0.15, 0.2) is 174 Å². The van der Waals surface area contributed by atoms with Crippen molar-refractivity contribution in [3.8, 4) is 67.5 Å². The molecule has 0 saturated carbocycles. The molecule has 0 saturated heterocycles. The lowest BCUT2D eigenvalue weighted by Gasteiger charge is -2.10. The number of furan rings is 1. The summed E-state index contributed by atoms with van der Waals surface area (Å²) in [6, 6.07) is 58.7. The minimum absolute atomic E-state index is 0.621. The van der Waals surface area contributed by atoms with Crippen molar-refractivity contribution in [2.45, 2.75) is 6.92 Å². The van der Waals surface area contributed by atoms with Crippen molar-refractivity contribution in [1.29, 1.82) is 0 Å². The highest BCUT2D eigenvalue weighted by molar-refractivity contribution is 6.13. The van der Waals surface area contributed by atoms with E-state index in [1.165, 1.54) is 11.1 Å². The van der Waals surface area contributed by atoms with E-state index in [4.69, 9.17) is 19.4 Å². The van der Waals surface area contributed by atoms with E-state index >= 15 is 0 Å². The quantitative estimate of drug-likeness (QED) is 0.181. The fraction of sp³-hybridized carbons (Fsp3) is 0.0217. The van der Waals surface area contributed by atoms with Crippen molar-refractivity contribution >= 4 is 21.9 Å². The maximum absolute atomic E-state index is 6.81. The lowest BCUT2D eigenvalue weighted by molar-refractivity contribution is 0.671. The van der Waals surface area contributed by atoms with E-state index in [2.05, 4.69) is 128 Å². The van der Waals surface area contributed by atoms with Gasteiger partial charge in [0.2, 0.25) is 0 Å². The molecule has 9 aromatic rings. The van der Waals surface area contributed by atoms with E-state index in [9.17, 15) is 0 Å². The van der Waals surface area contributed by atoms with Gasteiger partial charge in [0.25, 0.3) is 0 Å². The van der Waals surface area contributed by atoms with Gasteiger partial charge in [-0.3, -0.25) is 0 Å². The van der Waals surface area contributed by atoms with E-state index < -0.39 is 0 Å². The molecule has 0 aliphatic carbocycles. The van der Waals surface area contributed by atoms with Crippen molar-refractivity contribution in [1.82, 2.24) is 15.0 Å². The molecule has 0 aliphatic rings. The van der Waals surface area contributed by atoms with Crippen LogP contribution in [0.1, 0.15) is 5.56 Å². The smallest absolute Gasteiger partial charge is 0.164 e. The topological polar surface area (TPSA) is 51.8 Å². The van der Waals surface area contributed by atoms with Crippen molar-refractivity contribution in [2.75, 3.05) is 0 Å². The van der Waals surface area contributed by atoms with Crippen LogP contribution < -0.4 is 0 Å². The highest BCUT2D eigenvalue weighted by atomic mass is 16.3. The van der Waals surface area contributed by atoms with Crippen molar-refractivity contribution in [3.63, 3.8) is 0 Å². The molecule has 0 radical (unpaired) electrons. The molecule has 4 heteroatoms. The van der Waals surface area contributed by atoms with E-state index in [0.29, 0.717) is 17.5 Å². The first kappa shape index (κ1) is 29.5. The molecule has 7 aromatic carbocycles. The lowest BCUT2D eigenvalue weighted by Crippen LogP contribution is -2.00. The first-order valence-electron chi connectivity index (χ1n) is 16.8. The summed E-state index contributed by atoms with van der Waals surface area (Å²) in [5, 5.41) is 2.18. The first-order valence-corrected chi connectivity index (χ1v) is 16.8. The van der Waals surface area contributed by atoms with E-state index in [-0.39, 0.29) is 0 Å². The summed E-state index contributed by atoms with van der Waals surface area (Å²) in [6.07, 6.45) is 0. The van der Waals surface area contributed by atoms with Crippen LogP contribution in [0.5, 0.6) is 0 Å². The zero-order valence-electron chi connectivity index (χ0n) is 27.4. The third-order valence-corrected chi connectivity index (χ3v) is 9.20. The molecule has 236 valence electrons. The lowest BCUT2D eigenvalue weighted by atomic mass is 9.98. The van der Waals surface area contributed by atoms with Gasteiger partial charge < -0.3 is 4.42 Å². The van der Waals surface area contributed by atoms with Crippen LogP contribution in [0.25, 0.3) is 89.5 Å². The molecule has 0 aliphatic heterocycles. The summed E-state index contributed by atoms with van der Waals surface area (Å²) in [6.45, 7) is 2.08. The van der Waals surface area contributed by atoms with Gasteiger partial charge in [-0.05, 0) is 41.3 Å². The van der Waals surface area contributed by atoms with E-state index in [1.54, 1.807) is 0 Å². The minimum atomic E-state index is 0.621. The largest absolute Gasteiger partial charge is 0.455 e. The molecule has 0 spiro atoms. The van der Waals surface area contributed by atoms with Gasteiger partial charge in [-0.2, -0.15) is 0 Å². The van der Waals surface area contributed by atoms with Gasteiger partial charge in [0.15, 0.2) is 17.5 Å². The molecule has 4 nitrogen and oxygen atoms in total. The molecule has 2 aromatic heterocycles. The molecule has 0 N–H and O–H groups in total. The number of nitrogens with zero attached hydrogens (tertiary/aromatic N) is 3. The fourth-order valence-corrected chi connectivity index (χ4v) is 6.71. The van der Waals surface area contributed by atoms with Crippen molar-refractivity contribution < 1.29 is 4.42 Å². The Morgan fingerprint density at radius 3 is 1.40 bits per heavy atom. The molecule has 50 heavy (non-hydrogen) atoms. The van der Waals surface area contributed by atoms with Gasteiger partial charge in [0, 0.05) is 38.6 Å². The van der Waals surface area contributed by atoms with E-state index in [0.717, 1.165) is 66.4 Å². The summed E-state index contributed by atoms with van der Waals surface area (Å²) >= 11 is 0. The Balaban J connectivity index is 1.15. The summed E-state index contributed by atoms with van der Waals surface area (Å²) in [5.41, 5.74) is 12.3. The van der Waals surface area contributed by atoms with Crippen LogP contribution in [0.3, 0.4) is 0 Å². The first-order chi connectivity index (χ1) is 24.7. The molecule has 9 rings (SSSR count). The van der Waals surface area contributed by atoms with Crippen molar-refractivity contribution in [3.05, 3.63) is 175 Å². The van der Waals surface area contributed by atoms with Gasteiger partial charge in [-0.1, -0.05) is 163 Å². The monoisotopic (exact) mass is 641 g/mol. The van der Waals surface area contributed by atoms with Crippen LogP contribution in [-0.2, 0) is 0 Å². The van der Waals surface area contributed by atoms with Gasteiger partial charge in [-0.25, -0.2) is 15.0 Å². The predicted octanol–water partition coefficient (Wildman–Crippen LogP) is 12.1. The van der Waals surface area contributed by atoms with Crippen molar-refractivity contribution in [2.24, 2.45) is 0 Å². The highest BCUT2D eigenvalue weighted by Crippen LogP contribution is 2.40. The average molecular weight is 642 g/mol.